The topological polar surface area (TPSA) is 37.4 Å². The first-order valence-corrected chi connectivity index (χ1v) is 14.2. The number of carbonyl (C=O) groups excluding carboxylic acids is 2. The van der Waals surface area contributed by atoms with E-state index in [4.69, 9.17) is 0 Å². The number of carbonyl (C=O) groups is 1. The molecule has 0 aromatic rings. The lowest BCUT2D eigenvalue weighted by molar-refractivity contribution is -0.107. The van der Waals surface area contributed by atoms with Crippen LogP contribution in [0.5, 0.6) is 0 Å². The lowest BCUT2D eigenvalue weighted by atomic mass is 10.0. The molecule has 1 heterocycles. The molecule has 1 fully saturated rings. The van der Waals surface area contributed by atoms with E-state index in [2.05, 4.69) is 17.8 Å². The van der Waals surface area contributed by atoms with Gasteiger partial charge < -0.3 is 9.69 Å². The molecule has 3 heteroatoms. The highest BCUT2D eigenvalue weighted by atomic mass is 16.1. The van der Waals surface area contributed by atoms with Crippen LogP contribution in [0.3, 0.4) is 0 Å². The molecule has 1 saturated heterocycles. The summed E-state index contributed by atoms with van der Waals surface area (Å²) in [5.74, 6) is 2.94. The van der Waals surface area contributed by atoms with Crippen molar-refractivity contribution in [3.8, 4) is 0 Å². The zero-order valence-corrected chi connectivity index (χ0v) is 21.4. The first-order chi connectivity index (χ1) is 15.8. The maximum Gasteiger partial charge on any atom is 0.145 e. The molecule has 0 aromatic heterocycles. The minimum atomic E-state index is 0.727. The van der Waals surface area contributed by atoms with Crippen LogP contribution in [0.1, 0.15) is 148 Å². The summed E-state index contributed by atoms with van der Waals surface area (Å²) in [7, 11) is 0. The van der Waals surface area contributed by atoms with Gasteiger partial charge in [0.15, 0.2) is 0 Å². The molecule has 1 unspecified atom stereocenters. The van der Waals surface area contributed by atoms with Crippen molar-refractivity contribution in [1.82, 2.24) is 4.90 Å². The van der Waals surface area contributed by atoms with E-state index in [1.807, 2.05) is 0 Å². The molecule has 0 aromatic carbocycles. The van der Waals surface area contributed by atoms with E-state index in [-0.39, 0.29) is 0 Å². The lowest BCUT2D eigenvalue weighted by Gasteiger charge is -2.18. The van der Waals surface area contributed by atoms with Crippen LogP contribution in [-0.4, -0.2) is 30.2 Å². The highest BCUT2D eigenvalue weighted by molar-refractivity contribution is 5.51. The van der Waals surface area contributed by atoms with Gasteiger partial charge in [0.1, 0.15) is 12.2 Å². The Kier molecular flexibility index (Phi) is 19.7. The summed E-state index contributed by atoms with van der Waals surface area (Å²) in [4.78, 5) is 23.7. The summed E-state index contributed by atoms with van der Waals surface area (Å²) in [6.45, 7) is 4.38. The van der Waals surface area contributed by atoms with Crippen molar-refractivity contribution < 1.29 is 9.59 Å². The van der Waals surface area contributed by atoms with Crippen LogP contribution in [-0.2, 0) is 9.59 Å². The second kappa shape index (κ2) is 21.7. The van der Waals surface area contributed by atoms with Crippen molar-refractivity contribution in [3.05, 3.63) is 5.70 Å². The maximum absolute atomic E-state index is 11.2. The van der Waals surface area contributed by atoms with E-state index in [9.17, 15) is 9.59 Å². The Hall–Kier alpha value is -1.08. The average molecular weight is 448 g/mol. The number of likely N-dealkylation sites (tertiary alicyclic amines) is 1. The Morgan fingerprint density at radius 3 is 1.47 bits per heavy atom. The highest BCUT2D eigenvalue weighted by Gasteiger charge is 2.20. The molecule has 186 valence electrons. The van der Waals surface area contributed by atoms with Gasteiger partial charge in [-0.2, -0.15) is 0 Å². The number of unbranched alkanes of at least 4 members (excludes halogenated alkanes) is 19. The van der Waals surface area contributed by atoms with Gasteiger partial charge in [0.05, 0.1) is 5.70 Å². The Balaban J connectivity index is 1.73. The van der Waals surface area contributed by atoms with Gasteiger partial charge in [0.25, 0.3) is 0 Å². The zero-order valence-electron chi connectivity index (χ0n) is 21.4. The molecule has 1 aliphatic rings. The van der Waals surface area contributed by atoms with Gasteiger partial charge in [-0.1, -0.05) is 116 Å². The van der Waals surface area contributed by atoms with E-state index in [0.29, 0.717) is 0 Å². The normalized spacial score (nSPS) is 15.8. The van der Waals surface area contributed by atoms with Crippen LogP contribution in [0, 0.1) is 5.92 Å². The predicted molar refractivity (Wildman–Crippen MR) is 138 cm³/mol. The first-order valence-electron chi connectivity index (χ1n) is 14.2. The molecule has 1 aliphatic heterocycles. The molecule has 32 heavy (non-hydrogen) atoms. The van der Waals surface area contributed by atoms with Crippen LogP contribution in [0.15, 0.2) is 5.70 Å². The summed E-state index contributed by atoms with van der Waals surface area (Å²) in [6, 6.07) is 0. The SMILES string of the molecule is CC1CCN(C(=C=O)CCCCCCCCCCCCCCCCCCCCCC=O)C1. The number of aldehydes is 1. The molecule has 1 rings (SSSR count). The van der Waals surface area contributed by atoms with Crippen molar-refractivity contribution in [2.45, 2.75) is 148 Å². The fraction of sp³-hybridized carbons (Fsp3) is 0.897. The van der Waals surface area contributed by atoms with Gasteiger partial charge in [-0.25, -0.2) is 4.79 Å². The van der Waals surface area contributed by atoms with E-state index in [0.717, 1.165) is 56.7 Å². The Morgan fingerprint density at radius 2 is 1.12 bits per heavy atom. The minimum Gasteiger partial charge on any atom is -0.366 e. The van der Waals surface area contributed by atoms with Crippen LogP contribution >= 0.6 is 0 Å². The van der Waals surface area contributed by atoms with Gasteiger partial charge in [-0.3, -0.25) is 0 Å². The van der Waals surface area contributed by atoms with E-state index >= 15 is 0 Å². The van der Waals surface area contributed by atoms with Crippen LogP contribution in [0.25, 0.3) is 0 Å². The van der Waals surface area contributed by atoms with Crippen molar-refractivity contribution in [3.63, 3.8) is 0 Å². The minimum absolute atomic E-state index is 0.727. The number of nitrogens with zero attached hydrogens (tertiary/aromatic N) is 1. The Morgan fingerprint density at radius 1 is 0.719 bits per heavy atom. The third kappa shape index (κ3) is 16.5. The standard InChI is InChI=1S/C29H53NO2/c1-28-23-24-30(26-28)29(27-32)22-20-18-16-14-12-10-8-6-4-2-3-5-7-9-11-13-15-17-19-21-25-31/h25,28H,2-24,26H2,1H3. The molecule has 0 N–H and O–H groups in total. The molecular weight excluding hydrogens is 394 g/mol. The highest BCUT2D eigenvalue weighted by Crippen LogP contribution is 2.22. The number of hydrogen-bond acceptors (Lipinski definition) is 3. The molecule has 0 aliphatic carbocycles. The number of allylic oxidation sites excluding steroid dienone is 1. The summed E-state index contributed by atoms with van der Waals surface area (Å²) in [5.41, 5.74) is 0.928. The molecule has 3 nitrogen and oxygen atoms in total. The Labute approximate surface area is 199 Å². The van der Waals surface area contributed by atoms with E-state index in [1.54, 1.807) is 0 Å². The smallest absolute Gasteiger partial charge is 0.145 e. The fourth-order valence-electron chi connectivity index (χ4n) is 4.98. The average Bonchev–Trinajstić information content (AvgIpc) is 3.23. The van der Waals surface area contributed by atoms with E-state index < -0.39 is 0 Å². The van der Waals surface area contributed by atoms with Crippen molar-refractivity contribution >= 4 is 12.2 Å². The summed E-state index contributed by atoms with van der Waals surface area (Å²) >= 11 is 0. The van der Waals surface area contributed by atoms with Gasteiger partial charge >= 0.3 is 0 Å². The monoisotopic (exact) mass is 447 g/mol. The van der Waals surface area contributed by atoms with Crippen molar-refractivity contribution in [1.29, 1.82) is 0 Å². The fourth-order valence-corrected chi connectivity index (χ4v) is 4.98. The van der Waals surface area contributed by atoms with Gasteiger partial charge in [0.2, 0.25) is 0 Å². The third-order valence-corrected chi connectivity index (χ3v) is 7.16. The quantitative estimate of drug-likeness (QED) is 0.0895. The second-order valence-electron chi connectivity index (χ2n) is 10.3. The predicted octanol–water partition coefficient (Wildman–Crippen LogP) is 8.43. The van der Waals surface area contributed by atoms with Crippen LogP contribution in [0.4, 0.5) is 0 Å². The lowest BCUT2D eigenvalue weighted by Crippen LogP contribution is -2.20. The van der Waals surface area contributed by atoms with Gasteiger partial charge in [-0.05, 0) is 31.6 Å². The molecule has 0 spiro atoms. The molecule has 0 saturated carbocycles. The summed E-state index contributed by atoms with van der Waals surface area (Å²) < 4.78 is 0. The molecular formula is C29H53NO2. The summed E-state index contributed by atoms with van der Waals surface area (Å²) in [6.07, 6.45) is 29.5. The van der Waals surface area contributed by atoms with E-state index in [1.165, 1.54) is 116 Å². The van der Waals surface area contributed by atoms with Crippen molar-refractivity contribution in [2.75, 3.05) is 13.1 Å². The molecule has 1 atom stereocenters. The number of hydrogen-bond donors (Lipinski definition) is 0. The maximum atomic E-state index is 11.2. The molecule has 0 bridgehead atoms. The first kappa shape index (κ1) is 29.0. The van der Waals surface area contributed by atoms with Crippen molar-refractivity contribution in [2.24, 2.45) is 5.92 Å². The third-order valence-electron chi connectivity index (χ3n) is 7.16. The Bertz CT molecular complexity index is 484. The van der Waals surface area contributed by atoms with Crippen LogP contribution < -0.4 is 0 Å². The molecule has 0 amide bonds. The zero-order chi connectivity index (χ0) is 23.1. The van der Waals surface area contributed by atoms with Gasteiger partial charge in [-0.15, -0.1) is 0 Å². The molecule has 0 radical (unpaired) electrons. The number of rotatable bonds is 23. The largest absolute Gasteiger partial charge is 0.366 e. The second-order valence-corrected chi connectivity index (χ2v) is 10.3. The van der Waals surface area contributed by atoms with Gasteiger partial charge in [0, 0.05) is 19.5 Å². The van der Waals surface area contributed by atoms with Crippen LogP contribution in [0.2, 0.25) is 0 Å². The summed E-state index contributed by atoms with van der Waals surface area (Å²) in [5, 5.41) is 0.